The molecule has 0 amide bonds. The maximum Gasteiger partial charge on any atom is 0.138 e. The van der Waals surface area contributed by atoms with E-state index in [1.807, 2.05) is 36.3 Å². The summed E-state index contributed by atoms with van der Waals surface area (Å²) in [5, 5.41) is 1.16. The van der Waals surface area contributed by atoms with Crippen molar-refractivity contribution in [2.24, 2.45) is 0 Å². The van der Waals surface area contributed by atoms with Crippen LogP contribution in [0.4, 0.5) is 10.1 Å². The fourth-order valence-electron chi connectivity index (χ4n) is 3.24. The molecule has 3 aromatic rings. The van der Waals surface area contributed by atoms with Crippen LogP contribution in [-0.4, -0.2) is 49.2 Å². The van der Waals surface area contributed by atoms with Gasteiger partial charge in [-0.25, -0.2) is 9.37 Å². The van der Waals surface area contributed by atoms with E-state index in [2.05, 4.69) is 60.2 Å². The molecule has 1 N–H and O–H groups in total. The summed E-state index contributed by atoms with van der Waals surface area (Å²) in [4.78, 5) is 12.0. The Hall–Kier alpha value is -2.66. The minimum Gasteiger partial charge on any atom is -0.372 e. The summed E-state index contributed by atoms with van der Waals surface area (Å²) in [6.07, 6.45) is 3.99. The number of nitrogens with zero attached hydrogens (tertiary/aromatic N) is 3. The van der Waals surface area contributed by atoms with E-state index in [-0.39, 0.29) is 6.67 Å². The largest absolute Gasteiger partial charge is 0.372 e. The van der Waals surface area contributed by atoms with Crippen LogP contribution in [-0.2, 0) is 6.54 Å². The topological polar surface area (TPSA) is 35.2 Å². The normalized spacial score (nSPS) is 12.1. The van der Waals surface area contributed by atoms with Gasteiger partial charge in [-0.15, -0.1) is 0 Å². The van der Waals surface area contributed by atoms with Crippen molar-refractivity contribution in [2.75, 3.05) is 39.3 Å². The van der Waals surface area contributed by atoms with Gasteiger partial charge in [0.05, 0.1) is 0 Å². The van der Waals surface area contributed by atoms with Crippen LogP contribution in [0.3, 0.4) is 0 Å². The standard InChI is InChI=1S/C22H27FN4/c1-16(17-7-9-18(10-8-17)27(4)13-11-23)14-21-20(15-26(2)3)19-6-5-12-24-22(19)25-21/h5-10,12,14H,11,13,15H2,1-4H3,(H,24,25). The van der Waals surface area contributed by atoms with E-state index in [0.717, 1.165) is 34.5 Å². The number of hydrogen-bond donors (Lipinski definition) is 1. The molecular formula is C22H27FN4. The van der Waals surface area contributed by atoms with Gasteiger partial charge >= 0.3 is 0 Å². The van der Waals surface area contributed by atoms with Crippen LogP contribution in [0.1, 0.15) is 23.7 Å². The number of anilines is 1. The summed E-state index contributed by atoms with van der Waals surface area (Å²) < 4.78 is 12.5. The van der Waals surface area contributed by atoms with Crippen molar-refractivity contribution >= 4 is 28.4 Å². The third-order valence-corrected chi connectivity index (χ3v) is 4.73. The lowest BCUT2D eigenvalue weighted by Gasteiger charge is -2.17. The number of aromatic amines is 1. The molecule has 0 unspecified atom stereocenters. The van der Waals surface area contributed by atoms with Gasteiger partial charge in [0.25, 0.3) is 0 Å². The highest BCUT2D eigenvalue weighted by Gasteiger charge is 2.12. The van der Waals surface area contributed by atoms with E-state index in [4.69, 9.17) is 0 Å². The molecule has 0 fully saturated rings. The van der Waals surface area contributed by atoms with Crippen molar-refractivity contribution in [2.45, 2.75) is 13.5 Å². The molecule has 0 saturated carbocycles. The molecule has 27 heavy (non-hydrogen) atoms. The first-order valence-corrected chi connectivity index (χ1v) is 9.15. The van der Waals surface area contributed by atoms with E-state index < -0.39 is 0 Å². The number of pyridine rings is 1. The van der Waals surface area contributed by atoms with Gasteiger partial charge in [0.1, 0.15) is 12.3 Å². The number of fused-ring (bicyclic) bond motifs is 1. The summed E-state index contributed by atoms with van der Waals surface area (Å²) in [7, 11) is 6.05. The number of hydrogen-bond acceptors (Lipinski definition) is 3. The Balaban J connectivity index is 1.93. The maximum atomic E-state index is 12.5. The Morgan fingerprint density at radius 3 is 2.56 bits per heavy atom. The molecule has 0 bridgehead atoms. The molecule has 5 heteroatoms. The van der Waals surface area contributed by atoms with E-state index in [0.29, 0.717) is 6.54 Å². The first-order chi connectivity index (χ1) is 13.0. The summed E-state index contributed by atoms with van der Waals surface area (Å²) in [5.41, 5.74) is 6.59. The lowest BCUT2D eigenvalue weighted by Crippen LogP contribution is -2.19. The zero-order valence-corrected chi connectivity index (χ0v) is 16.5. The Morgan fingerprint density at radius 2 is 1.89 bits per heavy atom. The highest BCUT2D eigenvalue weighted by molar-refractivity contribution is 5.89. The molecule has 3 rings (SSSR count). The summed E-state index contributed by atoms with van der Waals surface area (Å²) in [6.45, 7) is 3.01. The summed E-state index contributed by atoms with van der Waals surface area (Å²) >= 11 is 0. The third-order valence-electron chi connectivity index (χ3n) is 4.73. The van der Waals surface area contributed by atoms with Gasteiger partial charge in [0, 0.05) is 48.7 Å². The number of rotatable bonds is 7. The van der Waals surface area contributed by atoms with Gasteiger partial charge < -0.3 is 14.8 Å². The number of alkyl halides is 1. The van der Waals surface area contributed by atoms with Gasteiger partial charge in [0.2, 0.25) is 0 Å². The monoisotopic (exact) mass is 366 g/mol. The van der Waals surface area contributed by atoms with Crippen LogP contribution in [0.15, 0.2) is 42.6 Å². The predicted molar refractivity (Wildman–Crippen MR) is 113 cm³/mol. The first kappa shape index (κ1) is 19.1. The van der Waals surface area contributed by atoms with Gasteiger partial charge in [-0.05, 0) is 62.5 Å². The van der Waals surface area contributed by atoms with Crippen LogP contribution in [0.5, 0.6) is 0 Å². The Kier molecular flexibility index (Phi) is 5.91. The fourth-order valence-corrected chi connectivity index (χ4v) is 3.24. The van der Waals surface area contributed by atoms with Crippen molar-refractivity contribution in [3.8, 4) is 0 Å². The van der Waals surface area contributed by atoms with E-state index in [1.165, 1.54) is 11.1 Å². The van der Waals surface area contributed by atoms with Crippen LogP contribution < -0.4 is 4.90 Å². The van der Waals surface area contributed by atoms with Gasteiger partial charge in [0.15, 0.2) is 0 Å². The van der Waals surface area contributed by atoms with Gasteiger partial charge in [-0.2, -0.15) is 0 Å². The minimum absolute atomic E-state index is 0.347. The highest BCUT2D eigenvalue weighted by Crippen LogP contribution is 2.27. The zero-order chi connectivity index (χ0) is 19.4. The van der Waals surface area contributed by atoms with E-state index in [1.54, 1.807) is 0 Å². The molecule has 1 aromatic carbocycles. The van der Waals surface area contributed by atoms with E-state index >= 15 is 0 Å². The average molecular weight is 366 g/mol. The molecule has 142 valence electrons. The molecule has 4 nitrogen and oxygen atoms in total. The smallest absolute Gasteiger partial charge is 0.138 e. The zero-order valence-electron chi connectivity index (χ0n) is 16.5. The first-order valence-electron chi connectivity index (χ1n) is 9.15. The average Bonchev–Trinajstić information content (AvgIpc) is 2.99. The van der Waals surface area contributed by atoms with Crippen LogP contribution in [0, 0.1) is 0 Å². The highest BCUT2D eigenvalue weighted by atomic mass is 19.1. The number of allylic oxidation sites excluding steroid dienone is 1. The van der Waals surface area contributed by atoms with Crippen LogP contribution in [0.25, 0.3) is 22.7 Å². The van der Waals surface area contributed by atoms with Crippen molar-refractivity contribution in [3.05, 3.63) is 59.4 Å². The second kappa shape index (κ2) is 8.35. The maximum absolute atomic E-state index is 12.5. The molecule has 2 heterocycles. The molecular weight excluding hydrogens is 339 g/mol. The molecule has 2 aromatic heterocycles. The molecule has 0 saturated heterocycles. The van der Waals surface area contributed by atoms with Crippen LogP contribution in [0.2, 0.25) is 0 Å². The molecule has 0 aliphatic heterocycles. The lowest BCUT2D eigenvalue weighted by atomic mass is 10.0. The van der Waals surface area contributed by atoms with E-state index in [9.17, 15) is 4.39 Å². The second-order valence-corrected chi connectivity index (χ2v) is 7.14. The quantitative estimate of drug-likeness (QED) is 0.664. The lowest BCUT2D eigenvalue weighted by molar-refractivity contribution is 0.404. The van der Waals surface area contributed by atoms with Gasteiger partial charge in [-0.1, -0.05) is 12.1 Å². The summed E-state index contributed by atoms with van der Waals surface area (Å²) in [5.74, 6) is 0. The number of aromatic nitrogens is 2. The Bertz CT molecular complexity index is 925. The number of benzene rings is 1. The van der Waals surface area contributed by atoms with Crippen molar-refractivity contribution in [1.29, 1.82) is 0 Å². The molecule has 0 aliphatic carbocycles. The fraction of sp³-hybridized carbons (Fsp3) is 0.318. The Morgan fingerprint density at radius 1 is 1.15 bits per heavy atom. The number of H-pyrrole nitrogens is 1. The molecule has 0 radical (unpaired) electrons. The number of halogens is 1. The minimum atomic E-state index is -0.347. The molecule has 0 spiro atoms. The number of nitrogens with one attached hydrogen (secondary N) is 1. The van der Waals surface area contributed by atoms with Crippen molar-refractivity contribution in [3.63, 3.8) is 0 Å². The second-order valence-electron chi connectivity index (χ2n) is 7.14. The molecule has 0 aliphatic rings. The van der Waals surface area contributed by atoms with Crippen molar-refractivity contribution < 1.29 is 4.39 Å². The Labute approximate surface area is 160 Å². The van der Waals surface area contributed by atoms with Crippen LogP contribution >= 0.6 is 0 Å². The SMILES string of the molecule is CC(=Cc1[nH]c2ncccc2c1CN(C)C)c1ccc(N(C)CCF)cc1. The third kappa shape index (κ3) is 4.37. The summed E-state index contributed by atoms with van der Waals surface area (Å²) in [6, 6.07) is 12.3. The predicted octanol–water partition coefficient (Wildman–Crippen LogP) is 4.59. The van der Waals surface area contributed by atoms with Crippen molar-refractivity contribution in [1.82, 2.24) is 14.9 Å². The molecule has 0 atom stereocenters. The van der Waals surface area contributed by atoms with Gasteiger partial charge in [-0.3, -0.25) is 0 Å².